The Morgan fingerprint density at radius 3 is 2.25 bits per heavy atom. The second-order valence-corrected chi connectivity index (χ2v) is 1.67. The molecule has 40 valence electrons. The lowest BCUT2D eigenvalue weighted by Crippen LogP contribution is -1.68. The van der Waals surface area contributed by atoms with E-state index in [4.69, 9.17) is 5.11 Å². The molecule has 0 atom stereocenters. The molecule has 1 rings (SSSR count). The van der Waals surface area contributed by atoms with Crippen LogP contribution in [-0.2, 0) is 0 Å². The third-order valence-electron chi connectivity index (χ3n) is 0.873. The Labute approximate surface area is 48.6 Å². The quantitative estimate of drug-likeness (QED) is 0.528. The first kappa shape index (κ1) is 5.16. The van der Waals surface area contributed by atoms with Crippen molar-refractivity contribution in [2.45, 2.75) is 6.92 Å². The van der Waals surface area contributed by atoms with Gasteiger partial charge in [0.1, 0.15) is 5.75 Å². The van der Waals surface area contributed by atoms with Crippen LogP contribution in [0, 0.1) is 19.1 Å². The largest absolute Gasteiger partial charge is 0.507 e. The van der Waals surface area contributed by atoms with Crippen LogP contribution in [0.25, 0.3) is 0 Å². The maximum atomic E-state index is 8.65. The molecule has 0 unspecified atom stereocenters. The van der Waals surface area contributed by atoms with E-state index in [2.05, 4.69) is 12.1 Å². The van der Waals surface area contributed by atoms with E-state index in [1.165, 1.54) is 0 Å². The van der Waals surface area contributed by atoms with Crippen molar-refractivity contribution in [3.8, 4) is 5.75 Å². The molecule has 1 nitrogen and oxygen atoms in total. The maximum absolute atomic E-state index is 8.65. The molecule has 1 aromatic carbocycles. The van der Waals surface area contributed by atoms with E-state index >= 15 is 0 Å². The second kappa shape index (κ2) is 1.86. The highest BCUT2D eigenvalue weighted by Gasteiger charge is 1.83. The summed E-state index contributed by atoms with van der Waals surface area (Å²) >= 11 is 0. The molecule has 1 aromatic rings. The lowest BCUT2D eigenvalue weighted by atomic mass is 10.2. The standard InChI is InChI=1S/C7H6O/c1-6-2-4-7(8)5-3-6/h2-3,8H,1H3. The smallest absolute Gasteiger partial charge is 0.131 e. The van der Waals surface area contributed by atoms with Crippen molar-refractivity contribution in [1.82, 2.24) is 0 Å². The average molecular weight is 106 g/mol. The van der Waals surface area contributed by atoms with E-state index in [1.807, 2.05) is 6.92 Å². The van der Waals surface area contributed by atoms with Crippen LogP contribution in [0.1, 0.15) is 5.56 Å². The average Bonchev–Trinajstić information content (AvgIpc) is 1.77. The summed E-state index contributed by atoms with van der Waals surface area (Å²) in [7, 11) is 0. The van der Waals surface area contributed by atoms with Gasteiger partial charge < -0.3 is 5.11 Å². The molecule has 2 radical (unpaired) electrons. The van der Waals surface area contributed by atoms with Crippen LogP contribution in [0.4, 0.5) is 0 Å². The molecule has 0 amide bonds. The van der Waals surface area contributed by atoms with Crippen LogP contribution in [0.15, 0.2) is 12.1 Å². The summed E-state index contributed by atoms with van der Waals surface area (Å²) in [6.07, 6.45) is 0. The van der Waals surface area contributed by atoms with Crippen LogP contribution in [-0.4, -0.2) is 5.11 Å². The van der Waals surface area contributed by atoms with Crippen molar-refractivity contribution < 1.29 is 5.11 Å². The van der Waals surface area contributed by atoms with E-state index in [1.54, 1.807) is 12.1 Å². The number of phenols is 1. The van der Waals surface area contributed by atoms with Crippen molar-refractivity contribution in [3.63, 3.8) is 0 Å². The molecule has 0 aromatic heterocycles. The monoisotopic (exact) mass is 106 g/mol. The molecule has 0 fully saturated rings. The minimum Gasteiger partial charge on any atom is -0.507 e. The maximum Gasteiger partial charge on any atom is 0.131 e. The zero-order valence-electron chi connectivity index (χ0n) is 4.60. The molecule has 0 aliphatic heterocycles. The highest BCUT2D eigenvalue weighted by atomic mass is 16.3. The van der Waals surface area contributed by atoms with Gasteiger partial charge in [-0.15, -0.1) is 0 Å². The summed E-state index contributed by atoms with van der Waals surface area (Å²) in [5.41, 5.74) is 1.06. The van der Waals surface area contributed by atoms with Gasteiger partial charge in [-0.05, 0) is 24.6 Å². The first-order valence-corrected chi connectivity index (χ1v) is 2.38. The van der Waals surface area contributed by atoms with Gasteiger partial charge >= 0.3 is 0 Å². The molecular formula is C7H6O. The second-order valence-electron chi connectivity index (χ2n) is 1.67. The number of benzene rings is 1. The minimum absolute atomic E-state index is 0.0793. The Hall–Kier alpha value is -0.980. The van der Waals surface area contributed by atoms with Crippen LogP contribution in [0.3, 0.4) is 0 Å². The van der Waals surface area contributed by atoms with E-state index < -0.39 is 0 Å². The number of aromatic hydroxyl groups is 1. The molecule has 0 saturated carbocycles. The number of hydrogen-bond acceptors (Lipinski definition) is 1. The lowest BCUT2D eigenvalue weighted by Gasteiger charge is -1.87. The van der Waals surface area contributed by atoms with E-state index in [9.17, 15) is 0 Å². The fourth-order valence-electron chi connectivity index (χ4n) is 0.448. The molecule has 0 bridgehead atoms. The zero-order valence-corrected chi connectivity index (χ0v) is 4.60. The Morgan fingerprint density at radius 2 is 1.88 bits per heavy atom. The molecule has 0 heterocycles. The Morgan fingerprint density at radius 1 is 1.38 bits per heavy atom. The number of phenolic OH excluding ortho intramolecular Hbond substituents is 1. The minimum atomic E-state index is 0.0793. The number of aryl methyl sites for hydroxylation is 1. The van der Waals surface area contributed by atoms with Gasteiger partial charge in [-0.1, -0.05) is 0 Å². The molecule has 0 saturated heterocycles. The van der Waals surface area contributed by atoms with Gasteiger partial charge in [-0.2, -0.15) is 0 Å². The first-order chi connectivity index (χ1) is 3.79. The molecule has 0 aliphatic rings. The van der Waals surface area contributed by atoms with Crippen molar-refractivity contribution in [3.05, 3.63) is 29.8 Å². The van der Waals surface area contributed by atoms with Gasteiger partial charge in [0.15, 0.2) is 0 Å². The van der Waals surface area contributed by atoms with E-state index in [0.29, 0.717) is 0 Å². The van der Waals surface area contributed by atoms with Gasteiger partial charge in [0, 0.05) is 12.1 Å². The Balaban J connectivity index is 3.03. The Bertz CT molecular complexity index is 143. The Kier molecular flexibility index (Phi) is 1.20. The first-order valence-electron chi connectivity index (χ1n) is 2.38. The van der Waals surface area contributed by atoms with Gasteiger partial charge in [0.2, 0.25) is 0 Å². The summed E-state index contributed by atoms with van der Waals surface area (Å²) in [5, 5.41) is 8.65. The van der Waals surface area contributed by atoms with E-state index in [0.717, 1.165) is 5.56 Å². The van der Waals surface area contributed by atoms with Crippen LogP contribution in [0.2, 0.25) is 0 Å². The highest BCUT2D eigenvalue weighted by molar-refractivity contribution is 5.21. The summed E-state index contributed by atoms with van der Waals surface area (Å²) in [5.74, 6) is 0.0793. The van der Waals surface area contributed by atoms with Crippen molar-refractivity contribution >= 4 is 0 Å². The summed E-state index contributed by atoms with van der Waals surface area (Å²) in [4.78, 5) is 0. The molecule has 0 aliphatic carbocycles. The SMILES string of the molecule is Cc1c[c]c(O)[c]c1. The van der Waals surface area contributed by atoms with Gasteiger partial charge in [-0.25, -0.2) is 0 Å². The molecule has 0 spiro atoms. The van der Waals surface area contributed by atoms with Crippen LogP contribution >= 0.6 is 0 Å². The molecule has 1 N–H and O–H groups in total. The molecule has 8 heavy (non-hydrogen) atoms. The van der Waals surface area contributed by atoms with Gasteiger partial charge in [0.25, 0.3) is 0 Å². The summed E-state index contributed by atoms with van der Waals surface area (Å²) in [6, 6.07) is 8.63. The third kappa shape index (κ3) is 0.997. The van der Waals surface area contributed by atoms with Gasteiger partial charge in [-0.3, -0.25) is 0 Å². The lowest BCUT2D eigenvalue weighted by molar-refractivity contribution is 0.473. The summed E-state index contributed by atoms with van der Waals surface area (Å²) in [6.45, 7) is 1.92. The van der Waals surface area contributed by atoms with E-state index in [-0.39, 0.29) is 5.75 Å². The number of rotatable bonds is 0. The predicted octanol–water partition coefficient (Wildman–Crippen LogP) is 1.30. The predicted molar refractivity (Wildman–Crippen MR) is 30.5 cm³/mol. The highest BCUT2D eigenvalue weighted by Crippen LogP contribution is 2.05. The third-order valence-corrected chi connectivity index (χ3v) is 0.873. The number of hydrogen-bond donors (Lipinski definition) is 1. The van der Waals surface area contributed by atoms with Crippen LogP contribution in [0.5, 0.6) is 5.75 Å². The van der Waals surface area contributed by atoms with Crippen molar-refractivity contribution in [2.75, 3.05) is 0 Å². The van der Waals surface area contributed by atoms with Crippen molar-refractivity contribution in [1.29, 1.82) is 0 Å². The normalized spacial score (nSPS) is 9.12. The summed E-state index contributed by atoms with van der Waals surface area (Å²) < 4.78 is 0. The fraction of sp³-hybridized carbons (Fsp3) is 0.143. The molecular weight excluding hydrogens is 100 g/mol. The van der Waals surface area contributed by atoms with Crippen molar-refractivity contribution in [2.24, 2.45) is 0 Å². The van der Waals surface area contributed by atoms with Crippen LogP contribution < -0.4 is 0 Å². The zero-order chi connectivity index (χ0) is 5.98. The fourth-order valence-corrected chi connectivity index (χ4v) is 0.448. The molecule has 1 heteroatoms. The topological polar surface area (TPSA) is 20.2 Å². The van der Waals surface area contributed by atoms with Gasteiger partial charge in [0.05, 0.1) is 0 Å².